The summed E-state index contributed by atoms with van der Waals surface area (Å²) in [5, 5.41) is 2.87. The fraction of sp³-hybridized carbons (Fsp3) is 0.188. The van der Waals surface area contributed by atoms with Gasteiger partial charge < -0.3 is 11.1 Å². The van der Waals surface area contributed by atoms with Gasteiger partial charge in [0.25, 0.3) is 5.91 Å². The summed E-state index contributed by atoms with van der Waals surface area (Å²) in [6.07, 6.45) is 0. The van der Waals surface area contributed by atoms with Crippen LogP contribution in [0.3, 0.4) is 0 Å². The van der Waals surface area contributed by atoms with Crippen LogP contribution in [0.1, 0.15) is 27.0 Å². The van der Waals surface area contributed by atoms with E-state index in [9.17, 15) is 4.79 Å². The van der Waals surface area contributed by atoms with Gasteiger partial charge in [0.15, 0.2) is 0 Å². The Balaban J connectivity index is 2.33. The first-order valence-electron chi connectivity index (χ1n) is 6.32. The van der Waals surface area contributed by atoms with Crippen LogP contribution in [0.15, 0.2) is 34.8 Å². The summed E-state index contributed by atoms with van der Waals surface area (Å²) in [7, 11) is 0. The van der Waals surface area contributed by atoms with Gasteiger partial charge in [-0.2, -0.15) is 0 Å². The van der Waals surface area contributed by atoms with E-state index < -0.39 is 0 Å². The summed E-state index contributed by atoms with van der Waals surface area (Å²) in [6, 6.07) is 9.51. The number of carbonyl (C=O) groups excluding carboxylic acids is 1. The van der Waals surface area contributed by atoms with E-state index in [1.807, 2.05) is 51.1 Å². The van der Waals surface area contributed by atoms with E-state index in [4.69, 9.17) is 5.73 Å². The van der Waals surface area contributed by atoms with E-state index in [-0.39, 0.29) is 5.91 Å². The molecule has 3 nitrogen and oxygen atoms in total. The molecule has 0 unspecified atom stereocenters. The van der Waals surface area contributed by atoms with Gasteiger partial charge in [0.2, 0.25) is 0 Å². The third-order valence-electron chi connectivity index (χ3n) is 3.13. The van der Waals surface area contributed by atoms with Crippen LogP contribution in [0.25, 0.3) is 0 Å². The smallest absolute Gasteiger partial charge is 0.256 e. The zero-order chi connectivity index (χ0) is 14.9. The Morgan fingerprint density at radius 3 is 2.40 bits per heavy atom. The minimum Gasteiger partial charge on any atom is -0.397 e. The number of benzene rings is 2. The van der Waals surface area contributed by atoms with E-state index in [1.165, 1.54) is 0 Å². The van der Waals surface area contributed by atoms with Crippen molar-refractivity contribution in [2.75, 3.05) is 11.1 Å². The second-order valence-corrected chi connectivity index (χ2v) is 5.84. The topological polar surface area (TPSA) is 55.1 Å². The Kier molecular flexibility index (Phi) is 4.14. The van der Waals surface area contributed by atoms with Crippen molar-refractivity contribution in [1.82, 2.24) is 0 Å². The molecule has 0 saturated carbocycles. The molecule has 2 rings (SSSR count). The molecule has 3 N–H and O–H groups in total. The van der Waals surface area contributed by atoms with Crippen molar-refractivity contribution in [1.29, 1.82) is 0 Å². The third kappa shape index (κ3) is 3.02. The van der Waals surface area contributed by atoms with Crippen LogP contribution in [0.2, 0.25) is 0 Å². The molecule has 2 aromatic rings. The van der Waals surface area contributed by atoms with Crippen molar-refractivity contribution < 1.29 is 4.79 Å². The zero-order valence-electron chi connectivity index (χ0n) is 11.8. The van der Waals surface area contributed by atoms with Crippen LogP contribution in [0.5, 0.6) is 0 Å². The molecule has 0 radical (unpaired) electrons. The molecule has 0 saturated heterocycles. The van der Waals surface area contributed by atoms with E-state index in [0.29, 0.717) is 16.9 Å². The zero-order valence-corrected chi connectivity index (χ0v) is 13.3. The largest absolute Gasteiger partial charge is 0.397 e. The van der Waals surface area contributed by atoms with Crippen LogP contribution in [-0.4, -0.2) is 5.91 Å². The lowest BCUT2D eigenvalue weighted by Crippen LogP contribution is -2.15. The number of hydrogen-bond acceptors (Lipinski definition) is 2. The molecule has 104 valence electrons. The summed E-state index contributed by atoms with van der Waals surface area (Å²) >= 11 is 3.43. The van der Waals surface area contributed by atoms with Gasteiger partial charge >= 0.3 is 0 Å². The second-order valence-electron chi connectivity index (χ2n) is 4.98. The first-order valence-corrected chi connectivity index (χ1v) is 7.12. The Bertz CT molecular complexity index is 657. The fourth-order valence-corrected chi connectivity index (χ4v) is 2.84. The van der Waals surface area contributed by atoms with Crippen LogP contribution in [0.4, 0.5) is 11.4 Å². The lowest BCUT2D eigenvalue weighted by atomic mass is 10.0. The summed E-state index contributed by atoms with van der Waals surface area (Å²) < 4.78 is 0.785. The highest BCUT2D eigenvalue weighted by atomic mass is 79.9. The van der Waals surface area contributed by atoms with Crippen molar-refractivity contribution in [3.05, 3.63) is 57.1 Å². The summed E-state index contributed by atoms with van der Waals surface area (Å²) in [5.74, 6) is -0.154. The van der Waals surface area contributed by atoms with Crippen LogP contribution in [0, 0.1) is 20.8 Å². The summed E-state index contributed by atoms with van der Waals surface area (Å²) in [5.41, 5.74) is 10.9. The van der Waals surface area contributed by atoms with Gasteiger partial charge in [0.05, 0.1) is 11.4 Å². The van der Waals surface area contributed by atoms with Gasteiger partial charge in [0, 0.05) is 10.0 Å². The molecule has 0 bridgehead atoms. The van der Waals surface area contributed by atoms with Crippen molar-refractivity contribution in [2.24, 2.45) is 0 Å². The van der Waals surface area contributed by atoms with Gasteiger partial charge in [-0.25, -0.2) is 0 Å². The minimum atomic E-state index is -0.154. The van der Waals surface area contributed by atoms with Crippen molar-refractivity contribution in [3.63, 3.8) is 0 Å². The van der Waals surface area contributed by atoms with Crippen LogP contribution < -0.4 is 11.1 Å². The van der Waals surface area contributed by atoms with Gasteiger partial charge in [-0.05, 0) is 66.0 Å². The number of aryl methyl sites for hydroxylation is 3. The predicted molar refractivity (Wildman–Crippen MR) is 87.2 cm³/mol. The molecule has 2 aromatic carbocycles. The van der Waals surface area contributed by atoms with Crippen LogP contribution in [-0.2, 0) is 0 Å². The van der Waals surface area contributed by atoms with E-state index in [0.717, 1.165) is 21.2 Å². The molecule has 0 fully saturated rings. The average Bonchev–Trinajstić information content (AvgIpc) is 2.33. The molecule has 0 aromatic heterocycles. The minimum absolute atomic E-state index is 0.154. The highest BCUT2D eigenvalue weighted by Crippen LogP contribution is 2.30. The predicted octanol–water partition coefficient (Wildman–Crippen LogP) is 4.21. The Hall–Kier alpha value is -1.81. The molecule has 4 heteroatoms. The van der Waals surface area contributed by atoms with Crippen LogP contribution >= 0.6 is 15.9 Å². The number of anilines is 2. The van der Waals surface area contributed by atoms with E-state index >= 15 is 0 Å². The Morgan fingerprint density at radius 2 is 1.80 bits per heavy atom. The number of nitrogens with two attached hydrogens (primary N) is 1. The Labute approximate surface area is 127 Å². The highest BCUT2D eigenvalue weighted by Gasteiger charge is 2.13. The maximum Gasteiger partial charge on any atom is 0.256 e. The second kappa shape index (κ2) is 5.67. The normalized spacial score (nSPS) is 10.4. The number of amides is 1. The number of hydrogen-bond donors (Lipinski definition) is 2. The number of halogens is 1. The maximum absolute atomic E-state index is 12.3. The quantitative estimate of drug-likeness (QED) is 0.809. The standard InChI is InChI=1S/C16H17BrN2O/c1-9-4-5-12(11(3)6-9)16(20)19-15-13(17)7-10(2)8-14(15)18/h4-8H,18H2,1-3H3,(H,19,20). The molecule has 0 atom stereocenters. The van der Waals surface area contributed by atoms with Gasteiger partial charge in [-0.3, -0.25) is 4.79 Å². The first-order chi connectivity index (χ1) is 9.38. The van der Waals surface area contributed by atoms with Gasteiger partial charge in [0.1, 0.15) is 0 Å². The fourth-order valence-electron chi connectivity index (χ4n) is 2.15. The third-order valence-corrected chi connectivity index (χ3v) is 3.76. The molecule has 0 heterocycles. The lowest BCUT2D eigenvalue weighted by Gasteiger charge is -2.13. The molecule has 0 aliphatic carbocycles. The Morgan fingerprint density at radius 1 is 1.10 bits per heavy atom. The summed E-state index contributed by atoms with van der Waals surface area (Å²) in [6.45, 7) is 5.88. The SMILES string of the molecule is Cc1ccc(C(=O)Nc2c(N)cc(C)cc2Br)c(C)c1. The summed E-state index contributed by atoms with van der Waals surface area (Å²) in [4.78, 5) is 12.3. The van der Waals surface area contributed by atoms with Crippen molar-refractivity contribution in [3.8, 4) is 0 Å². The average molecular weight is 333 g/mol. The number of rotatable bonds is 2. The van der Waals surface area contributed by atoms with E-state index in [1.54, 1.807) is 0 Å². The van der Waals surface area contributed by atoms with E-state index in [2.05, 4.69) is 21.2 Å². The molecule has 0 spiro atoms. The molecular formula is C16H17BrN2O. The molecular weight excluding hydrogens is 316 g/mol. The highest BCUT2D eigenvalue weighted by molar-refractivity contribution is 9.10. The lowest BCUT2D eigenvalue weighted by molar-refractivity contribution is 0.102. The first kappa shape index (κ1) is 14.6. The van der Waals surface area contributed by atoms with Gasteiger partial charge in [-0.1, -0.05) is 17.7 Å². The monoisotopic (exact) mass is 332 g/mol. The number of nitrogen functional groups attached to an aromatic ring is 1. The number of nitrogens with one attached hydrogen (secondary N) is 1. The van der Waals surface area contributed by atoms with Crippen molar-refractivity contribution in [2.45, 2.75) is 20.8 Å². The number of carbonyl (C=O) groups is 1. The molecule has 20 heavy (non-hydrogen) atoms. The molecule has 0 aliphatic heterocycles. The molecule has 1 amide bonds. The molecule has 0 aliphatic rings. The van der Waals surface area contributed by atoms with Crippen molar-refractivity contribution >= 4 is 33.2 Å². The van der Waals surface area contributed by atoms with Gasteiger partial charge in [-0.15, -0.1) is 0 Å². The maximum atomic E-state index is 12.3.